The third kappa shape index (κ3) is 6.18. The van der Waals surface area contributed by atoms with Crippen molar-refractivity contribution in [2.45, 2.75) is 39.2 Å². The van der Waals surface area contributed by atoms with Crippen molar-refractivity contribution in [2.24, 2.45) is 4.99 Å². The largest absolute Gasteiger partial charge is 0.357 e. The van der Waals surface area contributed by atoms with E-state index in [4.69, 9.17) is 0 Å². The van der Waals surface area contributed by atoms with Gasteiger partial charge < -0.3 is 10.6 Å². The fraction of sp³-hybridized carbons (Fsp3) is 0.611. The lowest BCUT2D eigenvalue weighted by Crippen LogP contribution is -2.39. The van der Waals surface area contributed by atoms with Gasteiger partial charge in [0.15, 0.2) is 5.96 Å². The van der Waals surface area contributed by atoms with Gasteiger partial charge in [0.25, 0.3) is 0 Å². The molecule has 0 unspecified atom stereocenters. The van der Waals surface area contributed by atoms with Crippen LogP contribution in [0, 0.1) is 5.82 Å². The van der Waals surface area contributed by atoms with Crippen molar-refractivity contribution in [3.05, 3.63) is 35.6 Å². The summed E-state index contributed by atoms with van der Waals surface area (Å²) < 4.78 is 13.6. The zero-order valence-electron chi connectivity index (χ0n) is 14.3. The summed E-state index contributed by atoms with van der Waals surface area (Å²) in [5.74, 6) is 0.676. The Hall–Kier alpha value is -1.62. The van der Waals surface area contributed by atoms with E-state index in [0.717, 1.165) is 43.7 Å². The number of aliphatic imine (C=N–C) groups is 1. The minimum atomic E-state index is -0.140. The summed E-state index contributed by atoms with van der Waals surface area (Å²) in [7, 11) is 0. The second-order valence-electron chi connectivity index (χ2n) is 5.89. The molecule has 2 rings (SSSR count). The molecule has 0 radical (unpaired) electrons. The summed E-state index contributed by atoms with van der Waals surface area (Å²) in [5.41, 5.74) is 0.738. The molecule has 0 saturated heterocycles. The molecule has 1 saturated carbocycles. The molecule has 0 heterocycles. The fourth-order valence-corrected chi connectivity index (χ4v) is 2.69. The normalized spacial score (nSPS) is 15.0. The van der Waals surface area contributed by atoms with Crippen molar-refractivity contribution in [1.82, 2.24) is 15.5 Å². The molecule has 0 atom stereocenters. The molecular weight excluding hydrogens is 291 g/mol. The summed E-state index contributed by atoms with van der Waals surface area (Å²) in [6.07, 6.45) is 3.32. The van der Waals surface area contributed by atoms with Gasteiger partial charge in [0.2, 0.25) is 0 Å². The summed E-state index contributed by atoms with van der Waals surface area (Å²) in [4.78, 5) is 7.12. The van der Waals surface area contributed by atoms with Gasteiger partial charge in [0.1, 0.15) is 5.82 Å². The summed E-state index contributed by atoms with van der Waals surface area (Å²) in [5, 5.41) is 6.53. The SMILES string of the molecule is CCNC(=NCCN(CC)C1CC1)NCCc1ccccc1F. The van der Waals surface area contributed by atoms with Crippen molar-refractivity contribution in [1.29, 1.82) is 0 Å². The number of nitrogens with one attached hydrogen (secondary N) is 2. The Bertz CT molecular complexity index is 500. The highest BCUT2D eigenvalue weighted by Gasteiger charge is 2.27. The van der Waals surface area contributed by atoms with E-state index in [0.29, 0.717) is 13.0 Å². The third-order valence-corrected chi connectivity index (χ3v) is 4.12. The second-order valence-corrected chi connectivity index (χ2v) is 5.89. The van der Waals surface area contributed by atoms with Crippen LogP contribution in [0.25, 0.3) is 0 Å². The lowest BCUT2D eigenvalue weighted by Gasteiger charge is -2.19. The second kappa shape index (κ2) is 9.50. The van der Waals surface area contributed by atoms with Gasteiger partial charge in [-0.05, 0) is 44.4 Å². The maximum Gasteiger partial charge on any atom is 0.191 e. The molecular formula is C18H29FN4. The van der Waals surface area contributed by atoms with Crippen LogP contribution in [0.3, 0.4) is 0 Å². The summed E-state index contributed by atoms with van der Waals surface area (Å²) >= 11 is 0. The predicted octanol–water partition coefficient (Wildman–Crippen LogP) is 2.41. The predicted molar refractivity (Wildman–Crippen MR) is 94.4 cm³/mol. The molecule has 2 N–H and O–H groups in total. The Morgan fingerprint density at radius 1 is 1.26 bits per heavy atom. The Morgan fingerprint density at radius 2 is 2.04 bits per heavy atom. The van der Waals surface area contributed by atoms with Crippen molar-refractivity contribution >= 4 is 5.96 Å². The minimum absolute atomic E-state index is 0.140. The molecule has 0 aromatic heterocycles. The van der Waals surface area contributed by atoms with E-state index in [-0.39, 0.29) is 5.82 Å². The van der Waals surface area contributed by atoms with Crippen LogP contribution in [0.4, 0.5) is 4.39 Å². The molecule has 0 aliphatic heterocycles. The molecule has 1 aliphatic rings. The zero-order chi connectivity index (χ0) is 16.5. The van der Waals surface area contributed by atoms with E-state index >= 15 is 0 Å². The Balaban J connectivity index is 1.76. The van der Waals surface area contributed by atoms with Crippen molar-refractivity contribution in [3.8, 4) is 0 Å². The van der Waals surface area contributed by atoms with E-state index < -0.39 is 0 Å². The highest BCUT2D eigenvalue weighted by atomic mass is 19.1. The van der Waals surface area contributed by atoms with E-state index in [9.17, 15) is 4.39 Å². The van der Waals surface area contributed by atoms with E-state index in [1.165, 1.54) is 18.9 Å². The van der Waals surface area contributed by atoms with E-state index in [2.05, 4.69) is 34.4 Å². The van der Waals surface area contributed by atoms with E-state index in [1.807, 2.05) is 12.1 Å². The zero-order valence-corrected chi connectivity index (χ0v) is 14.3. The number of rotatable bonds is 9. The van der Waals surface area contributed by atoms with Crippen molar-refractivity contribution in [2.75, 3.05) is 32.7 Å². The first-order valence-electron chi connectivity index (χ1n) is 8.74. The highest BCUT2D eigenvalue weighted by Crippen LogP contribution is 2.25. The lowest BCUT2D eigenvalue weighted by molar-refractivity contribution is 0.286. The smallest absolute Gasteiger partial charge is 0.191 e. The Morgan fingerprint density at radius 3 is 2.70 bits per heavy atom. The van der Waals surface area contributed by atoms with Gasteiger partial charge >= 0.3 is 0 Å². The van der Waals surface area contributed by atoms with E-state index in [1.54, 1.807) is 6.07 Å². The van der Waals surface area contributed by atoms with Gasteiger partial charge in [-0.25, -0.2) is 4.39 Å². The first-order valence-corrected chi connectivity index (χ1v) is 8.74. The van der Waals surface area contributed by atoms with Crippen LogP contribution in [0.2, 0.25) is 0 Å². The Labute approximate surface area is 139 Å². The van der Waals surface area contributed by atoms with Crippen LogP contribution in [-0.2, 0) is 6.42 Å². The molecule has 0 bridgehead atoms. The van der Waals surface area contributed by atoms with Crippen LogP contribution < -0.4 is 10.6 Å². The van der Waals surface area contributed by atoms with Gasteiger partial charge in [0.05, 0.1) is 6.54 Å². The molecule has 1 aromatic carbocycles. The topological polar surface area (TPSA) is 39.7 Å². The number of benzene rings is 1. The lowest BCUT2D eigenvalue weighted by atomic mass is 10.1. The molecule has 128 valence electrons. The number of likely N-dealkylation sites (N-methyl/N-ethyl adjacent to an activating group) is 1. The van der Waals surface area contributed by atoms with Crippen molar-refractivity contribution < 1.29 is 4.39 Å². The van der Waals surface area contributed by atoms with Crippen LogP contribution in [0.1, 0.15) is 32.3 Å². The molecule has 1 aliphatic carbocycles. The minimum Gasteiger partial charge on any atom is -0.357 e. The van der Waals surface area contributed by atoms with Crippen molar-refractivity contribution in [3.63, 3.8) is 0 Å². The van der Waals surface area contributed by atoms with Crippen LogP contribution in [-0.4, -0.2) is 49.6 Å². The number of hydrogen-bond donors (Lipinski definition) is 2. The highest BCUT2D eigenvalue weighted by molar-refractivity contribution is 5.79. The first kappa shape index (κ1) is 17.7. The molecule has 4 nitrogen and oxygen atoms in total. The molecule has 1 fully saturated rings. The maximum absolute atomic E-state index is 13.6. The number of halogens is 1. The molecule has 23 heavy (non-hydrogen) atoms. The summed E-state index contributed by atoms with van der Waals surface area (Å²) in [6.45, 7) is 8.65. The standard InChI is InChI=1S/C18H29FN4/c1-3-20-18(22-13-14-23(4-2)16-9-10-16)21-12-11-15-7-5-6-8-17(15)19/h5-8,16H,3-4,9-14H2,1-2H3,(H2,20,21,22). The van der Waals surface area contributed by atoms with Gasteiger partial charge in [-0.1, -0.05) is 25.1 Å². The van der Waals surface area contributed by atoms with Gasteiger partial charge in [-0.15, -0.1) is 0 Å². The monoisotopic (exact) mass is 320 g/mol. The van der Waals surface area contributed by atoms with Gasteiger partial charge in [-0.3, -0.25) is 9.89 Å². The average Bonchev–Trinajstić information content (AvgIpc) is 3.38. The summed E-state index contributed by atoms with van der Waals surface area (Å²) in [6, 6.07) is 7.71. The molecule has 5 heteroatoms. The van der Waals surface area contributed by atoms with Gasteiger partial charge in [0, 0.05) is 25.7 Å². The fourth-order valence-electron chi connectivity index (χ4n) is 2.69. The third-order valence-electron chi connectivity index (χ3n) is 4.12. The van der Waals surface area contributed by atoms with Crippen LogP contribution >= 0.6 is 0 Å². The number of nitrogens with zero attached hydrogens (tertiary/aromatic N) is 2. The van der Waals surface area contributed by atoms with Crippen LogP contribution in [0.5, 0.6) is 0 Å². The molecule has 1 aromatic rings. The maximum atomic E-state index is 13.6. The Kier molecular flexibility index (Phi) is 7.33. The quantitative estimate of drug-likeness (QED) is 0.542. The number of guanidine groups is 1. The number of hydrogen-bond acceptors (Lipinski definition) is 2. The molecule has 0 amide bonds. The average molecular weight is 320 g/mol. The first-order chi connectivity index (χ1) is 11.2. The van der Waals surface area contributed by atoms with Gasteiger partial charge in [-0.2, -0.15) is 0 Å². The molecule has 0 spiro atoms. The van der Waals surface area contributed by atoms with Crippen LogP contribution in [0.15, 0.2) is 29.3 Å².